The molecule has 0 aromatic heterocycles. The van der Waals surface area contributed by atoms with E-state index in [1.165, 1.54) is 4.90 Å². The third-order valence-electron chi connectivity index (χ3n) is 8.26. The lowest BCUT2D eigenvalue weighted by atomic mass is 9.87. The Labute approximate surface area is 271 Å². The Morgan fingerprint density at radius 1 is 0.978 bits per heavy atom. The highest BCUT2D eigenvalue weighted by Gasteiger charge is 2.33. The third kappa shape index (κ3) is 9.69. The van der Waals surface area contributed by atoms with Crippen molar-refractivity contribution >= 4 is 12.0 Å². The molecule has 1 aliphatic heterocycles. The van der Waals surface area contributed by atoms with Crippen molar-refractivity contribution in [1.29, 1.82) is 0 Å². The predicted octanol–water partition coefficient (Wildman–Crippen LogP) is 5.76. The molecule has 3 aromatic carbocycles. The third-order valence-corrected chi connectivity index (χ3v) is 8.26. The number of methoxy groups -OCH3 is 2. The van der Waals surface area contributed by atoms with Crippen LogP contribution in [0, 0.1) is 6.92 Å². The summed E-state index contributed by atoms with van der Waals surface area (Å²) < 4.78 is 28.6. The minimum Gasteiger partial charge on any atom is -0.496 e. The van der Waals surface area contributed by atoms with E-state index in [4.69, 9.17) is 23.7 Å². The number of likely N-dealkylation sites (N-methyl/N-ethyl adjacent to an activating group) is 1. The summed E-state index contributed by atoms with van der Waals surface area (Å²) in [5.74, 6) is 1.52. The molecule has 1 N–H and O–H groups in total. The summed E-state index contributed by atoms with van der Waals surface area (Å²) in [7, 11) is 5.02. The van der Waals surface area contributed by atoms with Crippen LogP contribution >= 0.6 is 0 Å². The van der Waals surface area contributed by atoms with Gasteiger partial charge < -0.3 is 38.6 Å². The number of piperidine rings is 1. The highest BCUT2D eigenvalue weighted by molar-refractivity contribution is 5.95. The van der Waals surface area contributed by atoms with Gasteiger partial charge in [0.05, 0.1) is 52.8 Å². The number of rotatable bonds is 16. The van der Waals surface area contributed by atoms with Gasteiger partial charge in [0.2, 0.25) is 0 Å². The molecule has 10 heteroatoms. The number of nitrogens with zero attached hydrogens (tertiary/aromatic N) is 2. The molecule has 248 valence electrons. The molecular weight excluding hydrogens is 588 g/mol. The maximum absolute atomic E-state index is 13.0. The zero-order valence-corrected chi connectivity index (χ0v) is 27.3. The number of para-hydroxylation sites is 1. The second-order valence-corrected chi connectivity index (χ2v) is 11.5. The topological polar surface area (TPSA) is 107 Å². The summed E-state index contributed by atoms with van der Waals surface area (Å²) in [5.41, 5.74) is 4.44. The fourth-order valence-corrected chi connectivity index (χ4v) is 5.54. The minimum atomic E-state index is -0.954. The molecule has 2 unspecified atom stereocenters. The van der Waals surface area contributed by atoms with Crippen molar-refractivity contribution in [3.63, 3.8) is 0 Å². The van der Waals surface area contributed by atoms with Gasteiger partial charge in [-0.1, -0.05) is 42.5 Å². The predicted molar refractivity (Wildman–Crippen MR) is 175 cm³/mol. The summed E-state index contributed by atoms with van der Waals surface area (Å²) in [6.07, 6.45) is 0.0885. The zero-order chi connectivity index (χ0) is 32.9. The molecule has 0 radical (unpaired) electrons. The first-order valence-electron chi connectivity index (χ1n) is 15.7. The Bertz CT molecular complexity index is 1410. The molecule has 10 nitrogen and oxygen atoms in total. The second kappa shape index (κ2) is 17.5. The molecule has 1 aliphatic rings. The van der Waals surface area contributed by atoms with E-state index in [1.54, 1.807) is 26.2 Å². The minimum absolute atomic E-state index is 0.0137. The Kier molecular flexibility index (Phi) is 13.3. The van der Waals surface area contributed by atoms with Gasteiger partial charge in [0.25, 0.3) is 5.91 Å². The Balaban J connectivity index is 1.32. The van der Waals surface area contributed by atoms with E-state index in [1.807, 2.05) is 73.7 Å². The van der Waals surface area contributed by atoms with Gasteiger partial charge in [0, 0.05) is 50.7 Å². The Morgan fingerprint density at radius 3 is 2.50 bits per heavy atom. The van der Waals surface area contributed by atoms with E-state index < -0.39 is 6.09 Å². The molecular formula is C36H46N2O8. The van der Waals surface area contributed by atoms with Gasteiger partial charge in [-0.2, -0.15) is 0 Å². The lowest BCUT2D eigenvalue weighted by Gasteiger charge is -2.37. The Morgan fingerprint density at radius 2 is 1.76 bits per heavy atom. The maximum Gasteiger partial charge on any atom is 0.407 e. The van der Waals surface area contributed by atoms with Crippen LogP contribution in [-0.2, 0) is 27.4 Å². The van der Waals surface area contributed by atoms with E-state index in [0.717, 1.165) is 40.2 Å². The van der Waals surface area contributed by atoms with E-state index in [9.17, 15) is 14.7 Å². The number of hydrogen-bond acceptors (Lipinski definition) is 7. The number of carboxylic acid groups (broad SMARTS) is 1. The number of amides is 2. The van der Waals surface area contributed by atoms with Gasteiger partial charge in [-0.3, -0.25) is 4.79 Å². The largest absolute Gasteiger partial charge is 0.496 e. The maximum atomic E-state index is 13.0. The van der Waals surface area contributed by atoms with Gasteiger partial charge >= 0.3 is 6.09 Å². The second-order valence-electron chi connectivity index (χ2n) is 11.5. The first-order chi connectivity index (χ1) is 22.3. The fraction of sp³-hybridized carbons (Fsp3) is 0.444. The molecule has 1 heterocycles. The molecule has 1 fully saturated rings. The number of benzene rings is 3. The standard InChI is InChI=1S/C36H46N2O8/c1-26-10-11-27(22-32(26)35(39)37(2)18-21-42-3)24-46-34-23-38(36(40)41)17-16-31(34)28-12-14-30(15-13-28)45-20-7-19-44-25-29-8-5-6-9-33(29)43-4/h5-6,8-15,22,31,34H,7,16-21,23-25H2,1-4H3,(H,40,41). The SMILES string of the molecule is COCCN(C)C(=O)c1cc(COC2CN(C(=O)O)CCC2c2ccc(OCCCOCc3ccccc3OC)cc2)ccc1C. The monoisotopic (exact) mass is 634 g/mol. The summed E-state index contributed by atoms with van der Waals surface area (Å²) >= 11 is 0. The molecule has 2 amide bonds. The van der Waals surface area contributed by atoms with Crippen LogP contribution in [0.15, 0.2) is 66.7 Å². The van der Waals surface area contributed by atoms with Crippen LogP contribution in [0.4, 0.5) is 4.79 Å². The van der Waals surface area contributed by atoms with Gasteiger partial charge in [-0.15, -0.1) is 0 Å². The number of carbonyl (C=O) groups excluding carboxylic acids is 1. The summed E-state index contributed by atoms with van der Waals surface area (Å²) in [5, 5.41) is 9.68. The van der Waals surface area contributed by atoms with Crippen molar-refractivity contribution < 1.29 is 38.4 Å². The molecule has 2 atom stereocenters. The number of ether oxygens (including phenoxy) is 5. The van der Waals surface area contributed by atoms with Crippen molar-refractivity contribution in [2.45, 2.75) is 45.0 Å². The smallest absolute Gasteiger partial charge is 0.407 e. The quantitative estimate of drug-likeness (QED) is 0.198. The van der Waals surface area contributed by atoms with Crippen LogP contribution in [0.3, 0.4) is 0 Å². The van der Waals surface area contributed by atoms with Crippen LogP contribution in [0.5, 0.6) is 11.5 Å². The van der Waals surface area contributed by atoms with Gasteiger partial charge in [0.15, 0.2) is 0 Å². The van der Waals surface area contributed by atoms with Gasteiger partial charge in [-0.25, -0.2) is 4.79 Å². The van der Waals surface area contributed by atoms with Crippen LogP contribution in [-0.4, -0.2) is 93.7 Å². The van der Waals surface area contributed by atoms with Gasteiger partial charge in [-0.05, 0) is 54.3 Å². The molecule has 3 aromatic rings. The normalized spacial score (nSPS) is 16.2. The van der Waals surface area contributed by atoms with E-state index in [2.05, 4.69) is 0 Å². The molecule has 0 spiro atoms. The molecule has 0 aliphatic carbocycles. The first-order valence-corrected chi connectivity index (χ1v) is 15.7. The summed E-state index contributed by atoms with van der Waals surface area (Å²) in [6.45, 7) is 5.41. The van der Waals surface area contributed by atoms with E-state index in [0.29, 0.717) is 51.5 Å². The molecule has 0 bridgehead atoms. The van der Waals surface area contributed by atoms with E-state index in [-0.39, 0.29) is 31.1 Å². The number of carbonyl (C=O) groups is 2. The van der Waals surface area contributed by atoms with Crippen LogP contribution in [0.1, 0.15) is 51.4 Å². The first kappa shape index (κ1) is 34.7. The van der Waals surface area contributed by atoms with Crippen molar-refractivity contribution in [3.8, 4) is 11.5 Å². The highest BCUT2D eigenvalue weighted by Crippen LogP contribution is 2.32. The Hall–Kier alpha value is -4.12. The fourth-order valence-electron chi connectivity index (χ4n) is 5.54. The average Bonchev–Trinajstić information content (AvgIpc) is 3.08. The van der Waals surface area contributed by atoms with Crippen LogP contribution in [0.2, 0.25) is 0 Å². The molecule has 0 saturated carbocycles. The molecule has 1 saturated heterocycles. The van der Waals surface area contributed by atoms with Crippen molar-refractivity contribution in [2.24, 2.45) is 0 Å². The lowest BCUT2D eigenvalue weighted by molar-refractivity contribution is -0.0199. The van der Waals surface area contributed by atoms with E-state index >= 15 is 0 Å². The number of likely N-dealkylation sites (tertiary alicyclic amines) is 1. The van der Waals surface area contributed by atoms with Crippen molar-refractivity contribution in [1.82, 2.24) is 9.80 Å². The molecule has 4 rings (SSSR count). The van der Waals surface area contributed by atoms with Crippen molar-refractivity contribution in [2.75, 3.05) is 60.7 Å². The lowest BCUT2D eigenvalue weighted by Crippen LogP contribution is -2.46. The van der Waals surface area contributed by atoms with Crippen molar-refractivity contribution in [3.05, 3.63) is 94.5 Å². The summed E-state index contributed by atoms with van der Waals surface area (Å²) in [6, 6.07) is 21.5. The summed E-state index contributed by atoms with van der Waals surface area (Å²) in [4.78, 5) is 27.9. The number of hydrogen-bond donors (Lipinski definition) is 1. The average molecular weight is 635 g/mol. The van der Waals surface area contributed by atoms with Crippen LogP contribution in [0.25, 0.3) is 0 Å². The molecule has 46 heavy (non-hydrogen) atoms. The van der Waals surface area contributed by atoms with Crippen LogP contribution < -0.4 is 9.47 Å². The number of aryl methyl sites for hydroxylation is 1. The van der Waals surface area contributed by atoms with Gasteiger partial charge in [0.1, 0.15) is 11.5 Å². The zero-order valence-electron chi connectivity index (χ0n) is 27.3. The highest BCUT2D eigenvalue weighted by atomic mass is 16.5.